The van der Waals surface area contributed by atoms with Gasteiger partial charge in [0.15, 0.2) is 11.5 Å². The average molecular weight is 537 g/mol. The Bertz CT molecular complexity index is 1600. The predicted molar refractivity (Wildman–Crippen MR) is 143 cm³/mol. The highest BCUT2D eigenvalue weighted by molar-refractivity contribution is 5.95. The highest BCUT2D eigenvalue weighted by Gasteiger charge is 2.31. The second-order valence-corrected chi connectivity index (χ2v) is 10.0. The Hall–Kier alpha value is -4.08. The fourth-order valence-corrected chi connectivity index (χ4v) is 4.94. The molecule has 5 rings (SSSR count). The minimum atomic E-state index is -4.60. The van der Waals surface area contributed by atoms with Gasteiger partial charge >= 0.3 is 6.18 Å². The molecular weight excluding hydrogens is 508 g/mol. The van der Waals surface area contributed by atoms with Crippen LogP contribution in [0.4, 0.5) is 23.2 Å². The van der Waals surface area contributed by atoms with Crippen LogP contribution in [0.15, 0.2) is 59.2 Å². The molecule has 0 amide bonds. The minimum absolute atomic E-state index is 0.0393. The van der Waals surface area contributed by atoms with Crippen LogP contribution in [0.25, 0.3) is 22.4 Å². The van der Waals surface area contributed by atoms with Gasteiger partial charge in [0.25, 0.3) is 0 Å². The summed E-state index contributed by atoms with van der Waals surface area (Å²) in [5.41, 5.74) is 9.31. The largest absolute Gasteiger partial charge is 0.430 e. The van der Waals surface area contributed by atoms with E-state index in [4.69, 9.17) is 20.8 Å². The summed E-state index contributed by atoms with van der Waals surface area (Å²) in [6.07, 6.45) is -1.23. The molecule has 0 bridgehead atoms. The summed E-state index contributed by atoms with van der Waals surface area (Å²) < 4.78 is 54.7. The van der Waals surface area contributed by atoms with Crippen LogP contribution < -0.4 is 5.73 Å². The van der Waals surface area contributed by atoms with E-state index in [0.717, 1.165) is 47.7 Å². The summed E-state index contributed by atoms with van der Waals surface area (Å²) >= 11 is 0. The number of aliphatic imine (C=N–C) groups is 1. The van der Waals surface area contributed by atoms with Crippen molar-refractivity contribution in [3.63, 3.8) is 0 Å². The first-order valence-electron chi connectivity index (χ1n) is 12.7. The number of alkyl halides is 3. The standard InChI is InChI=1S/C29H28F4N6/c1-16(2)25-20(6-4-7-21(25)30)27-36-22-8-5-9-23-26(22)28(37-27)39(38-23)15-18-10-12-19(13-11-18)35-17(3)14-24(34)29(31,32)33/h4,6-7,10-14,16H,5,8-9,15,34H2,1-3H3/b24-14-,35-17?. The van der Waals surface area contributed by atoms with E-state index in [-0.39, 0.29) is 17.4 Å². The summed E-state index contributed by atoms with van der Waals surface area (Å²) in [6.45, 7) is 5.78. The zero-order valence-corrected chi connectivity index (χ0v) is 21.8. The quantitative estimate of drug-likeness (QED) is 0.217. The van der Waals surface area contributed by atoms with Gasteiger partial charge in [0.2, 0.25) is 0 Å². The smallest absolute Gasteiger partial charge is 0.395 e. The van der Waals surface area contributed by atoms with Crippen molar-refractivity contribution in [3.8, 4) is 11.4 Å². The number of allylic oxidation sites excluding steroid dienone is 2. The number of rotatable bonds is 6. The Labute approximate surface area is 223 Å². The molecule has 39 heavy (non-hydrogen) atoms. The summed E-state index contributed by atoms with van der Waals surface area (Å²) in [4.78, 5) is 13.9. The fraction of sp³-hybridized carbons (Fsp3) is 0.310. The van der Waals surface area contributed by atoms with Crippen LogP contribution >= 0.6 is 0 Å². The van der Waals surface area contributed by atoms with Crippen molar-refractivity contribution in [2.45, 2.75) is 58.7 Å². The van der Waals surface area contributed by atoms with Crippen LogP contribution in [-0.2, 0) is 19.4 Å². The number of hydrogen-bond donors (Lipinski definition) is 1. The Morgan fingerprint density at radius 2 is 1.79 bits per heavy atom. The lowest BCUT2D eigenvalue weighted by atomic mass is 9.95. The van der Waals surface area contributed by atoms with Gasteiger partial charge < -0.3 is 5.73 Å². The molecule has 2 heterocycles. The van der Waals surface area contributed by atoms with Crippen molar-refractivity contribution in [2.75, 3.05) is 0 Å². The summed E-state index contributed by atoms with van der Waals surface area (Å²) in [5.74, 6) is 0.174. The van der Waals surface area contributed by atoms with Crippen molar-refractivity contribution in [3.05, 3.63) is 82.6 Å². The third kappa shape index (κ3) is 5.41. The Kier molecular flexibility index (Phi) is 6.96. The van der Waals surface area contributed by atoms with Crippen molar-refractivity contribution >= 4 is 22.4 Å². The minimum Gasteiger partial charge on any atom is -0.395 e. The van der Waals surface area contributed by atoms with E-state index >= 15 is 0 Å². The second-order valence-electron chi connectivity index (χ2n) is 10.0. The second kappa shape index (κ2) is 10.2. The summed E-state index contributed by atoms with van der Waals surface area (Å²) in [7, 11) is 0. The lowest BCUT2D eigenvalue weighted by Crippen LogP contribution is -2.20. The molecule has 202 valence electrons. The van der Waals surface area contributed by atoms with E-state index in [1.807, 2.05) is 36.7 Å². The number of hydrogen-bond acceptors (Lipinski definition) is 5. The lowest BCUT2D eigenvalue weighted by Gasteiger charge is -2.15. The molecule has 2 aromatic carbocycles. The van der Waals surface area contributed by atoms with Gasteiger partial charge in [-0.3, -0.25) is 4.99 Å². The number of halogens is 4. The van der Waals surface area contributed by atoms with Crippen molar-refractivity contribution in [2.24, 2.45) is 10.7 Å². The van der Waals surface area contributed by atoms with E-state index in [9.17, 15) is 17.6 Å². The molecule has 1 aliphatic carbocycles. The normalized spacial score (nSPS) is 14.5. The number of aryl methyl sites for hydroxylation is 2. The van der Waals surface area contributed by atoms with Crippen molar-refractivity contribution in [1.29, 1.82) is 0 Å². The average Bonchev–Trinajstić information content (AvgIpc) is 3.22. The number of nitrogens with two attached hydrogens (primary N) is 1. The first-order valence-corrected chi connectivity index (χ1v) is 12.7. The van der Waals surface area contributed by atoms with Crippen molar-refractivity contribution in [1.82, 2.24) is 19.7 Å². The van der Waals surface area contributed by atoms with Crippen LogP contribution in [0.2, 0.25) is 0 Å². The molecule has 1 aliphatic rings. The molecule has 6 nitrogen and oxygen atoms in total. The monoisotopic (exact) mass is 536 g/mol. The zero-order chi connectivity index (χ0) is 27.9. The van der Waals surface area contributed by atoms with Gasteiger partial charge in [-0.25, -0.2) is 19.0 Å². The predicted octanol–water partition coefficient (Wildman–Crippen LogP) is 6.79. The molecule has 2 aromatic heterocycles. The summed E-state index contributed by atoms with van der Waals surface area (Å²) in [5, 5.41) is 5.79. The molecule has 0 aliphatic heterocycles. The van der Waals surface area contributed by atoms with Crippen LogP contribution in [0.5, 0.6) is 0 Å². The topological polar surface area (TPSA) is 82.0 Å². The number of nitrogens with zero attached hydrogens (tertiary/aromatic N) is 5. The lowest BCUT2D eigenvalue weighted by molar-refractivity contribution is -0.0925. The van der Waals surface area contributed by atoms with Gasteiger partial charge in [0.1, 0.15) is 11.5 Å². The van der Waals surface area contributed by atoms with Gasteiger partial charge in [-0.1, -0.05) is 38.1 Å². The molecule has 0 fully saturated rings. The van der Waals surface area contributed by atoms with Crippen LogP contribution in [0.3, 0.4) is 0 Å². The van der Waals surface area contributed by atoms with E-state index in [0.29, 0.717) is 34.8 Å². The van der Waals surface area contributed by atoms with Gasteiger partial charge in [0, 0.05) is 16.8 Å². The van der Waals surface area contributed by atoms with E-state index in [1.54, 1.807) is 18.2 Å². The van der Waals surface area contributed by atoms with Gasteiger partial charge in [0.05, 0.1) is 29.0 Å². The number of benzene rings is 2. The SMILES string of the molecule is CC(/C=C(\N)C(F)(F)F)=Nc1ccc(Cn2nc3c4c(nc(-c5cccc(F)c5C(C)C)nc42)CCC3)cc1. The van der Waals surface area contributed by atoms with E-state index in [2.05, 4.69) is 4.99 Å². The highest BCUT2D eigenvalue weighted by Crippen LogP contribution is 2.34. The third-order valence-corrected chi connectivity index (χ3v) is 6.70. The van der Waals surface area contributed by atoms with Gasteiger partial charge in [-0.2, -0.15) is 18.3 Å². The van der Waals surface area contributed by atoms with E-state index in [1.165, 1.54) is 13.0 Å². The Morgan fingerprint density at radius 1 is 1.08 bits per heavy atom. The first kappa shape index (κ1) is 26.5. The molecule has 0 spiro atoms. The maximum Gasteiger partial charge on any atom is 0.430 e. The third-order valence-electron chi connectivity index (χ3n) is 6.70. The highest BCUT2D eigenvalue weighted by atomic mass is 19.4. The van der Waals surface area contributed by atoms with Gasteiger partial charge in [-0.05, 0) is 61.9 Å². The molecule has 10 heteroatoms. The van der Waals surface area contributed by atoms with Crippen LogP contribution in [0.1, 0.15) is 55.6 Å². The molecule has 0 unspecified atom stereocenters. The first-order chi connectivity index (χ1) is 18.5. The number of aromatic nitrogens is 4. The maximum absolute atomic E-state index is 14.7. The molecule has 0 saturated heterocycles. The molecule has 0 radical (unpaired) electrons. The van der Waals surface area contributed by atoms with Gasteiger partial charge in [-0.15, -0.1) is 0 Å². The van der Waals surface area contributed by atoms with Crippen molar-refractivity contribution < 1.29 is 17.6 Å². The molecule has 0 saturated carbocycles. The molecule has 0 atom stereocenters. The Balaban J connectivity index is 1.49. The fourth-order valence-electron chi connectivity index (χ4n) is 4.94. The van der Waals surface area contributed by atoms with Crippen LogP contribution in [-0.4, -0.2) is 31.6 Å². The zero-order valence-electron chi connectivity index (χ0n) is 21.8. The van der Waals surface area contributed by atoms with Crippen LogP contribution in [0, 0.1) is 5.82 Å². The van der Waals surface area contributed by atoms with E-state index < -0.39 is 11.9 Å². The summed E-state index contributed by atoms with van der Waals surface area (Å²) in [6, 6.07) is 12.2. The molecular formula is C29H28F4N6. The maximum atomic E-state index is 14.7. The molecule has 4 aromatic rings. The molecule has 2 N–H and O–H groups in total. The Morgan fingerprint density at radius 3 is 2.49 bits per heavy atom.